The summed E-state index contributed by atoms with van der Waals surface area (Å²) < 4.78 is 2.39. The van der Waals surface area contributed by atoms with Crippen LogP contribution in [-0.2, 0) is 4.79 Å². The van der Waals surface area contributed by atoms with E-state index >= 15 is 0 Å². The van der Waals surface area contributed by atoms with Crippen LogP contribution in [0, 0.1) is 11.6 Å². The highest BCUT2D eigenvalue weighted by Crippen LogP contribution is 2.26. The highest BCUT2D eigenvalue weighted by molar-refractivity contribution is 7.71. The van der Waals surface area contributed by atoms with E-state index in [9.17, 15) is 4.79 Å². The zero-order chi connectivity index (χ0) is 21.4. The fourth-order valence-corrected chi connectivity index (χ4v) is 3.31. The predicted octanol–water partition coefficient (Wildman–Crippen LogP) is 5.09. The van der Waals surface area contributed by atoms with Crippen LogP contribution in [0.15, 0.2) is 72.9 Å². The summed E-state index contributed by atoms with van der Waals surface area (Å²) in [6.07, 6.45) is 1.80. The van der Waals surface area contributed by atoms with Gasteiger partial charge in [0.05, 0.1) is 5.69 Å². The standard InChI is InChI=1S/C21H22N4OS.C2H6/c1-15-18(23-22)13-14-25(21(15)27)19(16-9-5-3-6-10-16)20(26)24(2)17-11-7-4-8-12-17;1-2/h3-14,19,23H,22H2,1-2H3;1-2H3. The number of rotatable bonds is 5. The fourth-order valence-electron chi connectivity index (χ4n) is 3.04. The van der Waals surface area contributed by atoms with Gasteiger partial charge in [0.2, 0.25) is 0 Å². The zero-order valence-corrected chi connectivity index (χ0v) is 18.1. The van der Waals surface area contributed by atoms with Crippen molar-refractivity contribution in [1.82, 2.24) is 4.57 Å². The van der Waals surface area contributed by atoms with Gasteiger partial charge in [0, 0.05) is 24.5 Å². The van der Waals surface area contributed by atoms with Gasteiger partial charge >= 0.3 is 0 Å². The maximum Gasteiger partial charge on any atom is 0.254 e. The maximum absolute atomic E-state index is 13.5. The Morgan fingerprint density at radius 2 is 1.59 bits per heavy atom. The van der Waals surface area contributed by atoms with Crippen molar-refractivity contribution in [3.8, 4) is 0 Å². The fraction of sp³-hybridized carbons (Fsp3) is 0.217. The molecule has 0 spiro atoms. The van der Waals surface area contributed by atoms with Crippen LogP contribution >= 0.6 is 12.2 Å². The number of nitrogens with zero attached hydrogens (tertiary/aromatic N) is 2. The summed E-state index contributed by atoms with van der Waals surface area (Å²) >= 11 is 5.64. The number of likely N-dealkylation sites (N-methyl/N-ethyl adjacent to an activating group) is 1. The second-order valence-corrected chi connectivity index (χ2v) is 6.64. The molecule has 6 heteroatoms. The minimum Gasteiger partial charge on any atom is -0.324 e. The second-order valence-electron chi connectivity index (χ2n) is 6.26. The van der Waals surface area contributed by atoms with Gasteiger partial charge in [-0.3, -0.25) is 10.6 Å². The molecule has 0 aliphatic heterocycles. The molecule has 3 rings (SSSR count). The number of carbonyl (C=O) groups is 1. The average molecular weight is 409 g/mol. The predicted molar refractivity (Wildman–Crippen MR) is 124 cm³/mol. The normalized spacial score (nSPS) is 11.1. The molecule has 1 heterocycles. The van der Waals surface area contributed by atoms with Gasteiger partial charge in [0.25, 0.3) is 5.91 Å². The summed E-state index contributed by atoms with van der Waals surface area (Å²) in [7, 11) is 1.78. The zero-order valence-electron chi connectivity index (χ0n) is 17.3. The number of benzene rings is 2. The number of para-hydroxylation sites is 1. The lowest BCUT2D eigenvalue weighted by Crippen LogP contribution is -2.35. The van der Waals surface area contributed by atoms with Crippen LogP contribution in [0.2, 0.25) is 0 Å². The van der Waals surface area contributed by atoms with Crippen molar-refractivity contribution in [2.75, 3.05) is 17.4 Å². The molecule has 1 atom stereocenters. The van der Waals surface area contributed by atoms with Crippen molar-refractivity contribution in [2.24, 2.45) is 5.84 Å². The quantitative estimate of drug-likeness (QED) is 0.351. The van der Waals surface area contributed by atoms with Gasteiger partial charge in [-0.25, -0.2) is 0 Å². The van der Waals surface area contributed by atoms with Gasteiger partial charge in [0.1, 0.15) is 10.7 Å². The smallest absolute Gasteiger partial charge is 0.254 e. The molecule has 1 amide bonds. The van der Waals surface area contributed by atoms with Crippen molar-refractivity contribution in [3.05, 3.63) is 88.7 Å². The monoisotopic (exact) mass is 408 g/mol. The molecule has 0 saturated heterocycles. The Balaban J connectivity index is 0.00000145. The molecule has 2 aromatic carbocycles. The van der Waals surface area contributed by atoms with Crippen molar-refractivity contribution in [2.45, 2.75) is 26.8 Å². The molecule has 0 fully saturated rings. The summed E-state index contributed by atoms with van der Waals surface area (Å²) in [6.45, 7) is 5.89. The van der Waals surface area contributed by atoms with Crippen LogP contribution in [0.25, 0.3) is 0 Å². The summed E-state index contributed by atoms with van der Waals surface area (Å²) in [5.74, 6) is 5.49. The number of hydrogen-bond donors (Lipinski definition) is 2. The van der Waals surface area contributed by atoms with E-state index in [0.29, 0.717) is 4.64 Å². The van der Waals surface area contributed by atoms with Gasteiger partial charge in [-0.2, -0.15) is 0 Å². The number of carbonyl (C=O) groups excluding carboxylic acids is 1. The Morgan fingerprint density at radius 1 is 1.03 bits per heavy atom. The van der Waals surface area contributed by atoms with E-state index in [0.717, 1.165) is 22.5 Å². The number of hydrazine groups is 1. The largest absolute Gasteiger partial charge is 0.324 e. The highest BCUT2D eigenvalue weighted by Gasteiger charge is 2.27. The van der Waals surface area contributed by atoms with E-state index in [2.05, 4.69) is 5.43 Å². The van der Waals surface area contributed by atoms with Gasteiger partial charge in [-0.05, 0) is 30.7 Å². The van der Waals surface area contributed by atoms with Crippen LogP contribution in [0.5, 0.6) is 0 Å². The van der Waals surface area contributed by atoms with Gasteiger partial charge < -0.3 is 14.9 Å². The molecule has 152 valence electrons. The van der Waals surface area contributed by atoms with Crippen molar-refractivity contribution in [3.63, 3.8) is 0 Å². The maximum atomic E-state index is 13.5. The van der Waals surface area contributed by atoms with Crippen LogP contribution in [0.1, 0.15) is 31.0 Å². The molecule has 0 saturated carbocycles. The molecular formula is C23H28N4OS. The van der Waals surface area contributed by atoms with E-state index in [4.69, 9.17) is 18.1 Å². The molecule has 29 heavy (non-hydrogen) atoms. The summed E-state index contributed by atoms with van der Waals surface area (Å²) in [5.41, 5.74) is 5.91. The number of amides is 1. The lowest BCUT2D eigenvalue weighted by molar-refractivity contribution is -0.120. The Morgan fingerprint density at radius 3 is 2.14 bits per heavy atom. The molecule has 0 bridgehead atoms. The third-order valence-corrected chi connectivity index (χ3v) is 5.14. The van der Waals surface area contributed by atoms with E-state index in [-0.39, 0.29) is 5.91 Å². The number of nitrogens with two attached hydrogens (primary N) is 1. The van der Waals surface area contributed by atoms with Crippen molar-refractivity contribution >= 4 is 29.5 Å². The average Bonchev–Trinajstić information content (AvgIpc) is 2.79. The third kappa shape index (κ3) is 4.91. The SMILES string of the molecule is CC.Cc1c(NN)ccn(C(C(=O)N(C)c2ccccc2)c2ccccc2)c1=S. The molecule has 5 nitrogen and oxygen atoms in total. The Hall–Kier alpha value is -2.96. The van der Waals surface area contributed by atoms with Gasteiger partial charge in [-0.15, -0.1) is 0 Å². The number of hydrogen-bond acceptors (Lipinski definition) is 4. The van der Waals surface area contributed by atoms with Gasteiger partial charge in [-0.1, -0.05) is 74.6 Å². The lowest BCUT2D eigenvalue weighted by atomic mass is 10.0. The first-order chi connectivity index (χ1) is 14.0. The van der Waals surface area contributed by atoms with Crippen molar-refractivity contribution in [1.29, 1.82) is 0 Å². The van der Waals surface area contributed by atoms with Crippen LogP contribution < -0.4 is 16.2 Å². The summed E-state index contributed by atoms with van der Waals surface area (Å²) in [5, 5.41) is 0. The number of aromatic nitrogens is 1. The number of anilines is 2. The third-order valence-electron chi connectivity index (χ3n) is 4.62. The molecule has 1 aromatic heterocycles. The Labute approximate surface area is 177 Å². The Kier molecular flexibility index (Phi) is 8.12. The van der Waals surface area contributed by atoms with E-state index < -0.39 is 6.04 Å². The van der Waals surface area contributed by atoms with Crippen molar-refractivity contribution < 1.29 is 4.79 Å². The number of nitrogens with one attached hydrogen (secondary N) is 1. The molecule has 0 aliphatic rings. The number of nitrogen functional groups attached to an aromatic ring is 1. The molecule has 3 aromatic rings. The number of pyridine rings is 1. The topological polar surface area (TPSA) is 63.3 Å². The minimum absolute atomic E-state index is 0.0728. The molecule has 3 N–H and O–H groups in total. The van der Waals surface area contributed by atoms with Crippen LogP contribution in [0.3, 0.4) is 0 Å². The summed E-state index contributed by atoms with van der Waals surface area (Å²) in [6, 6.07) is 20.5. The van der Waals surface area contributed by atoms with E-state index in [1.54, 1.807) is 18.1 Å². The minimum atomic E-state index is -0.575. The first-order valence-corrected chi connectivity index (χ1v) is 10.0. The molecule has 0 radical (unpaired) electrons. The van der Waals surface area contributed by atoms with Crippen LogP contribution in [-0.4, -0.2) is 17.5 Å². The molecule has 1 unspecified atom stereocenters. The van der Waals surface area contributed by atoms with Gasteiger partial charge in [0.15, 0.2) is 0 Å². The lowest BCUT2D eigenvalue weighted by Gasteiger charge is -2.27. The Bertz CT molecular complexity index is 987. The first-order valence-electron chi connectivity index (χ1n) is 9.60. The van der Waals surface area contributed by atoms with E-state index in [1.807, 2.05) is 92.1 Å². The van der Waals surface area contributed by atoms with E-state index in [1.165, 1.54) is 0 Å². The molecular weight excluding hydrogens is 380 g/mol. The highest BCUT2D eigenvalue weighted by atomic mass is 32.1. The molecule has 0 aliphatic carbocycles. The second kappa shape index (κ2) is 10.5. The summed E-state index contributed by atoms with van der Waals surface area (Å²) in [4.78, 5) is 15.1. The first kappa shape index (κ1) is 22.3. The van der Waals surface area contributed by atoms with Crippen LogP contribution in [0.4, 0.5) is 11.4 Å².